The van der Waals surface area contributed by atoms with E-state index >= 15 is 0 Å². The van der Waals surface area contributed by atoms with Crippen molar-refractivity contribution < 1.29 is 9.53 Å². The number of benzene rings is 2. The van der Waals surface area contributed by atoms with Crippen LogP contribution in [-0.2, 0) is 4.74 Å². The number of hydrogen-bond acceptors (Lipinski definition) is 4. The maximum absolute atomic E-state index is 12.6. The van der Waals surface area contributed by atoms with Gasteiger partial charge in [-0.3, -0.25) is 4.98 Å². The molecule has 0 bridgehead atoms. The predicted octanol–water partition coefficient (Wildman–Crippen LogP) is 5.76. The zero-order chi connectivity index (χ0) is 25.4. The van der Waals surface area contributed by atoms with Crippen molar-refractivity contribution in [3.63, 3.8) is 0 Å². The van der Waals surface area contributed by atoms with E-state index in [-0.39, 0.29) is 18.1 Å². The number of nitrogens with one attached hydrogen (secondary N) is 1. The van der Waals surface area contributed by atoms with E-state index in [4.69, 9.17) is 17.0 Å². The lowest BCUT2D eigenvalue weighted by Crippen LogP contribution is -2.29. The first-order chi connectivity index (χ1) is 17.4. The number of nitrogens with zero attached hydrogens (tertiary/aromatic N) is 3. The van der Waals surface area contributed by atoms with E-state index in [1.807, 2.05) is 42.6 Å². The third-order valence-electron chi connectivity index (χ3n) is 6.75. The standard InChI is InChI=1S/C29H28N4O2S/c1-18-12-14-21(15-13-18)33-27(26(31-29(33)36)24-10-7-8-16-30-24)23-17-19(2)32(20(23)3)25-11-6-5-9-22(25)28(34)35-4/h5-17,26-27H,1-4H3,(H,31,36)/t26-,27+/m1/s1. The Morgan fingerprint density at radius 2 is 1.72 bits per heavy atom. The lowest BCUT2D eigenvalue weighted by molar-refractivity contribution is 0.0600. The summed E-state index contributed by atoms with van der Waals surface area (Å²) in [5.74, 6) is -0.365. The third kappa shape index (κ3) is 4.05. The van der Waals surface area contributed by atoms with Gasteiger partial charge in [-0.1, -0.05) is 35.9 Å². The maximum Gasteiger partial charge on any atom is 0.339 e. The molecule has 0 spiro atoms. The van der Waals surface area contributed by atoms with Crippen LogP contribution in [-0.4, -0.2) is 27.7 Å². The Bertz CT molecular complexity index is 1430. The molecular weight excluding hydrogens is 468 g/mol. The fourth-order valence-corrected chi connectivity index (χ4v) is 5.41. The molecule has 0 unspecified atom stereocenters. The lowest BCUT2D eigenvalue weighted by Gasteiger charge is -2.28. The van der Waals surface area contributed by atoms with Crippen LogP contribution in [0.2, 0.25) is 0 Å². The smallest absolute Gasteiger partial charge is 0.339 e. The average Bonchev–Trinajstić information content (AvgIpc) is 3.39. The number of esters is 1. The summed E-state index contributed by atoms with van der Waals surface area (Å²) in [6.45, 7) is 6.21. The van der Waals surface area contributed by atoms with Crippen molar-refractivity contribution >= 4 is 29.0 Å². The summed E-state index contributed by atoms with van der Waals surface area (Å²) in [6, 6.07) is 23.7. The van der Waals surface area contributed by atoms with Gasteiger partial charge < -0.3 is 19.5 Å². The molecule has 6 nitrogen and oxygen atoms in total. The van der Waals surface area contributed by atoms with E-state index in [1.165, 1.54) is 12.7 Å². The second-order valence-electron chi connectivity index (χ2n) is 9.00. The summed E-state index contributed by atoms with van der Waals surface area (Å²) in [5, 5.41) is 4.18. The summed E-state index contributed by atoms with van der Waals surface area (Å²) >= 11 is 5.88. The Balaban J connectivity index is 1.69. The Labute approximate surface area is 216 Å². The van der Waals surface area contributed by atoms with Gasteiger partial charge in [0, 0.05) is 23.3 Å². The van der Waals surface area contributed by atoms with Crippen LogP contribution >= 0.6 is 12.2 Å². The van der Waals surface area contributed by atoms with Crippen LogP contribution in [0, 0.1) is 20.8 Å². The Hall–Kier alpha value is -3.97. The molecule has 2 atom stereocenters. The topological polar surface area (TPSA) is 59.4 Å². The van der Waals surface area contributed by atoms with Crippen LogP contribution in [0.5, 0.6) is 0 Å². The summed E-state index contributed by atoms with van der Waals surface area (Å²) < 4.78 is 7.18. The van der Waals surface area contributed by atoms with Crippen molar-refractivity contribution in [2.45, 2.75) is 32.9 Å². The number of carbonyl (C=O) groups is 1. The van der Waals surface area contributed by atoms with Gasteiger partial charge >= 0.3 is 5.97 Å². The van der Waals surface area contributed by atoms with E-state index in [9.17, 15) is 4.79 Å². The summed E-state index contributed by atoms with van der Waals surface area (Å²) in [5.41, 5.74) is 7.57. The molecule has 4 aromatic rings. The van der Waals surface area contributed by atoms with Crippen molar-refractivity contribution in [3.8, 4) is 5.69 Å². The minimum atomic E-state index is -0.365. The molecule has 1 saturated heterocycles. The van der Waals surface area contributed by atoms with Crippen LogP contribution in [0.3, 0.4) is 0 Å². The number of aryl methyl sites for hydroxylation is 2. The van der Waals surface area contributed by atoms with Gasteiger partial charge in [0.25, 0.3) is 0 Å². The quantitative estimate of drug-likeness (QED) is 0.280. The van der Waals surface area contributed by atoms with Crippen LogP contribution in [0.15, 0.2) is 79.0 Å². The Morgan fingerprint density at radius 3 is 2.42 bits per heavy atom. The third-order valence-corrected chi connectivity index (χ3v) is 7.06. The normalized spacial score (nSPS) is 17.2. The lowest BCUT2D eigenvalue weighted by atomic mass is 9.96. The molecule has 5 rings (SSSR count). The monoisotopic (exact) mass is 496 g/mol. The molecule has 0 saturated carbocycles. The van der Waals surface area contributed by atoms with Crippen LogP contribution in [0.4, 0.5) is 5.69 Å². The molecule has 3 heterocycles. The average molecular weight is 497 g/mol. The molecule has 1 aliphatic rings. The molecule has 1 N–H and O–H groups in total. The van der Waals surface area contributed by atoms with Crippen LogP contribution in [0.25, 0.3) is 5.69 Å². The van der Waals surface area contributed by atoms with Crippen LogP contribution in [0.1, 0.15) is 50.7 Å². The van der Waals surface area contributed by atoms with Gasteiger partial charge in [0.05, 0.1) is 36.1 Å². The van der Waals surface area contributed by atoms with E-state index in [2.05, 4.69) is 70.9 Å². The Kier molecular flexibility index (Phi) is 6.33. The number of para-hydroxylation sites is 1. The molecule has 2 aromatic carbocycles. The van der Waals surface area contributed by atoms with Crippen molar-refractivity contribution in [2.75, 3.05) is 12.0 Å². The number of ether oxygens (including phenoxy) is 1. The van der Waals surface area contributed by atoms with E-state index in [0.29, 0.717) is 10.7 Å². The number of methoxy groups -OCH3 is 1. The van der Waals surface area contributed by atoms with Gasteiger partial charge in [-0.2, -0.15) is 0 Å². The van der Waals surface area contributed by atoms with Gasteiger partial charge in [0.1, 0.15) is 0 Å². The SMILES string of the molecule is COC(=O)c1ccccc1-n1c(C)cc([C@H]2[C@@H](c3ccccn3)NC(=S)N2c2ccc(C)cc2)c1C. The first-order valence-electron chi connectivity index (χ1n) is 11.8. The second kappa shape index (κ2) is 9.59. The minimum absolute atomic E-state index is 0.139. The number of aromatic nitrogens is 2. The highest BCUT2D eigenvalue weighted by Gasteiger charge is 2.42. The molecule has 1 fully saturated rings. The van der Waals surface area contributed by atoms with Crippen molar-refractivity contribution in [1.82, 2.24) is 14.9 Å². The van der Waals surface area contributed by atoms with E-state index < -0.39 is 0 Å². The number of anilines is 1. The van der Waals surface area contributed by atoms with E-state index in [0.717, 1.165) is 34.0 Å². The minimum Gasteiger partial charge on any atom is -0.465 e. The van der Waals surface area contributed by atoms with Gasteiger partial charge in [-0.05, 0) is 81.0 Å². The summed E-state index contributed by atoms with van der Waals surface area (Å²) in [7, 11) is 1.40. The summed E-state index contributed by atoms with van der Waals surface area (Å²) in [6.07, 6.45) is 1.81. The first-order valence-corrected chi connectivity index (χ1v) is 12.3. The molecule has 36 heavy (non-hydrogen) atoms. The number of carbonyl (C=O) groups excluding carboxylic acids is 1. The van der Waals surface area contributed by atoms with Crippen molar-refractivity contribution in [3.05, 3.63) is 113 Å². The molecule has 0 amide bonds. The van der Waals surface area contributed by atoms with Gasteiger partial charge in [-0.15, -0.1) is 0 Å². The summed E-state index contributed by atoms with van der Waals surface area (Å²) in [4.78, 5) is 19.4. The zero-order valence-electron chi connectivity index (χ0n) is 20.7. The maximum atomic E-state index is 12.6. The van der Waals surface area contributed by atoms with Crippen LogP contribution < -0.4 is 10.2 Å². The second-order valence-corrected chi connectivity index (χ2v) is 9.39. The van der Waals surface area contributed by atoms with E-state index in [1.54, 1.807) is 6.07 Å². The predicted molar refractivity (Wildman–Crippen MR) is 146 cm³/mol. The molecule has 7 heteroatoms. The molecule has 0 radical (unpaired) electrons. The van der Waals surface area contributed by atoms with Gasteiger partial charge in [-0.25, -0.2) is 4.79 Å². The number of pyridine rings is 1. The highest BCUT2D eigenvalue weighted by Crippen LogP contribution is 2.43. The first kappa shape index (κ1) is 23.8. The number of thiocarbonyl (C=S) groups is 1. The highest BCUT2D eigenvalue weighted by atomic mass is 32.1. The zero-order valence-corrected chi connectivity index (χ0v) is 21.5. The highest BCUT2D eigenvalue weighted by molar-refractivity contribution is 7.80. The van der Waals surface area contributed by atoms with Gasteiger partial charge in [0.2, 0.25) is 0 Å². The molecule has 0 aliphatic carbocycles. The van der Waals surface area contributed by atoms with Crippen molar-refractivity contribution in [1.29, 1.82) is 0 Å². The number of hydrogen-bond donors (Lipinski definition) is 1. The Morgan fingerprint density at radius 1 is 1.00 bits per heavy atom. The van der Waals surface area contributed by atoms with Gasteiger partial charge in [0.15, 0.2) is 5.11 Å². The fourth-order valence-electron chi connectivity index (χ4n) is 5.06. The molecule has 2 aromatic heterocycles. The molecule has 182 valence electrons. The molecular formula is C29H28N4O2S. The molecule has 1 aliphatic heterocycles. The largest absolute Gasteiger partial charge is 0.465 e. The van der Waals surface area contributed by atoms with Crippen molar-refractivity contribution in [2.24, 2.45) is 0 Å². The number of rotatable bonds is 5. The fraction of sp³-hybridized carbons (Fsp3) is 0.207.